The Morgan fingerprint density at radius 2 is 1.16 bits per heavy atom. The molecule has 5 rings (SSSR count). The fourth-order valence-corrected chi connectivity index (χ4v) is 6.41. The number of aromatic amines is 1. The molecule has 296 valence electrons. The van der Waals surface area contributed by atoms with E-state index in [1.165, 1.54) is 0 Å². The fraction of sp³-hybridized carbons (Fsp3) is 0.238. The Morgan fingerprint density at radius 3 is 1.81 bits per heavy atom. The molecule has 4 atom stereocenters. The molecule has 1 heterocycles. The zero-order valence-electron chi connectivity index (χ0n) is 31.1. The van der Waals surface area contributed by atoms with E-state index in [0.29, 0.717) is 16.1 Å². The molecule has 1 aromatic heterocycles. The summed E-state index contributed by atoms with van der Waals surface area (Å²) in [5, 5.41) is 12.5. The lowest BCUT2D eigenvalue weighted by atomic mass is 10.0. The Balaban J connectivity index is 1.38. The van der Waals surface area contributed by atoms with Crippen LogP contribution in [0.1, 0.15) is 39.9 Å². The van der Waals surface area contributed by atoms with Crippen LogP contribution in [0.15, 0.2) is 120 Å². The molecule has 5 amide bonds. The summed E-state index contributed by atoms with van der Waals surface area (Å²) in [7, 11) is 0. The smallest absolute Gasteiger partial charge is 0.251 e. The van der Waals surface area contributed by atoms with Gasteiger partial charge in [-0.2, -0.15) is 0 Å². The number of aromatic nitrogens is 1. The Labute approximate surface area is 335 Å². The molecule has 15 heteroatoms. The van der Waals surface area contributed by atoms with Gasteiger partial charge in [-0.05, 0) is 59.9 Å². The molecule has 0 fully saturated rings. The zero-order chi connectivity index (χ0) is 40.7. The van der Waals surface area contributed by atoms with Crippen molar-refractivity contribution in [2.45, 2.75) is 56.3 Å². The first-order chi connectivity index (χ1) is 27.5. The molecule has 0 bridgehead atoms. The third kappa shape index (κ3) is 12.4. The van der Waals surface area contributed by atoms with E-state index in [-0.39, 0.29) is 44.6 Å². The molecule has 0 aliphatic rings. The predicted molar refractivity (Wildman–Crippen MR) is 220 cm³/mol. The number of halogens is 1. The van der Waals surface area contributed by atoms with Crippen molar-refractivity contribution in [3.8, 4) is 0 Å². The van der Waals surface area contributed by atoms with E-state index in [1.54, 1.807) is 85.1 Å². The van der Waals surface area contributed by atoms with Crippen molar-refractivity contribution in [3.05, 3.63) is 143 Å². The van der Waals surface area contributed by atoms with Crippen molar-refractivity contribution in [2.24, 2.45) is 22.2 Å². The largest absolute Gasteiger partial charge is 0.370 e. The van der Waals surface area contributed by atoms with Crippen molar-refractivity contribution in [1.29, 1.82) is 0 Å². The Hall–Kier alpha value is -6.67. The fourth-order valence-electron chi connectivity index (χ4n) is 6.29. The van der Waals surface area contributed by atoms with Gasteiger partial charge >= 0.3 is 0 Å². The number of guanidine groups is 1. The third-order valence-corrected chi connectivity index (χ3v) is 9.52. The number of rotatable bonds is 19. The Bertz CT molecular complexity index is 2170. The van der Waals surface area contributed by atoms with Gasteiger partial charge in [0.1, 0.15) is 24.2 Å². The van der Waals surface area contributed by atoms with E-state index in [0.717, 1.165) is 22.0 Å². The van der Waals surface area contributed by atoms with Crippen LogP contribution in [0.4, 0.5) is 0 Å². The molecule has 5 aromatic rings. The molecule has 0 unspecified atom stereocenters. The molecule has 0 saturated carbocycles. The number of nitrogens with zero attached hydrogens (tertiary/aromatic N) is 1. The van der Waals surface area contributed by atoms with Crippen LogP contribution < -0.4 is 38.5 Å². The van der Waals surface area contributed by atoms with Crippen molar-refractivity contribution in [3.63, 3.8) is 0 Å². The molecule has 57 heavy (non-hydrogen) atoms. The Kier molecular flexibility index (Phi) is 14.8. The monoisotopic (exact) mass is 791 g/mol. The summed E-state index contributed by atoms with van der Waals surface area (Å²) in [4.78, 5) is 75.4. The second-order valence-electron chi connectivity index (χ2n) is 13.5. The van der Waals surface area contributed by atoms with Crippen LogP contribution in [0.25, 0.3) is 10.9 Å². The first-order valence-electron chi connectivity index (χ1n) is 18.4. The van der Waals surface area contributed by atoms with Crippen LogP contribution in [0.3, 0.4) is 0 Å². The minimum atomic E-state index is -1.20. The van der Waals surface area contributed by atoms with Gasteiger partial charge in [0, 0.05) is 53.5 Å². The molecule has 11 N–H and O–H groups in total. The van der Waals surface area contributed by atoms with Crippen LogP contribution in [-0.4, -0.2) is 71.2 Å². The van der Waals surface area contributed by atoms with Gasteiger partial charge in [0.15, 0.2) is 5.96 Å². The van der Waals surface area contributed by atoms with E-state index >= 15 is 0 Å². The summed E-state index contributed by atoms with van der Waals surface area (Å²) >= 11 is 6.11. The lowest BCUT2D eigenvalue weighted by Crippen LogP contribution is -2.59. The average Bonchev–Trinajstić information content (AvgIpc) is 3.62. The van der Waals surface area contributed by atoms with E-state index in [9.17, 15) is 24.0 Å². The maximum Gasteiger partial charge on any atom is 0.251 e. The highest BCUT2D eigenvalue weighted by Gasteiger charge is 2.32. The number of amides is 5. The van der Waals surface area contributed by atoms with Gasteiger partial charge < -0.3 is 43.5 Å². The summed E-state index contributed by atoms with van der Waals surface area (Å²) in [6.45, 7) is 0.161. The quantitative estimate of drug-likeness (QED) is 0.0353. The lowest BCUT2D eigenvalue weighted by molar-refractivity contribution is -0.133. The van der Waals surface area contributed by atoms with Gasteiger partial charge in [0.25, 0.3) is 5.91 Å². The topological polar surface area (TPSA) is 240 Å². The maximum atomic E-state index is 14.3. The SMILES string of the molecule is NC(=O)[C@H](Cc1c[nH]c2ccccc12)NC(=O)[C@H](CCCN=C(N)N)NC(=O)[C@H](Cc1ccccc1)NC(=O)[C@H](Cc1ccc(Cl)cc1)NC(=O)c1ccccc1. The molecule has 0 aliphatic heterocycles. The molecule has 4 aromatic carbocycles. The van der Waals surface area contributed by atoms with Crippen molar-refractivity contribution >= 4 is 58.0 Å². The summed E-state index contributed by atoms with van der Waals surface area (Å²) in [5.41, 5.74) is 20.2. The van der Waals surface area contributed by atoms with Crippen LogP contribution in [0, 0.1) is 0 Å². The van der Waals surface area contributed by atoms with Gasteiger partial charge in [-0.15, -0.1) is 0 Å². The van der Waals surface area contributed by atoms with Crippen molar-refractivity contribution in [2.75, 3.05) is 6.54 Å². The van der Waals surface area contributed by atoms with Gasteiger partial charge in [0.05, 0.1) is 0 Å². The third-order valence-electron chi connectivity index (χ3n) is 9.26. The number of hydrogen-bond donors (Lipinski definition) is 8. The first kappa shape index (κ1) is 41.5. The minimum Gasteiger partial charge on any atom is -0.370 e. The van der Waals surface area contributed by atoms with Gasteiger partial charge in [-0.3, -0.25) is 29.0 Å². The molecule has 14 nitrogen and oxygen atoms in total. The highest BCUT2D eigenvalue weighted by Crippen LogP contribution is 2.19. The predicted octanol–water partition coefficient (Wildman–Crippen LogP) is 2.64. The van der Waals surface area contributed by atoms with Crippen molar-refractivity contribution in [1.82, 2.24) is 26.3 Å². The number of carbonyl (C=O) groups is 5. The van der Waals surface area contributed by atoms with E-state index in [4.69, 9.17) is 28.8 Å². The minimum absolute atomic E-state index is 0.0471. The molecular weight excluding hydrogens is 746 g/mol. The number of H-pyrrole nitrogens is 1. The summed E-state index contributed by atoms with van der Waals surface area (Å²) in [6.07, 6.45) is 2.33. The standard InChI is InChI=1S/C42H46ClN9O5/c43-30-19-17-27(18-20-30)23-35(51-38(54)28-12-5-2-6-13-28)41(57)52-36(22-26-10-3-1-4-11-26)40(56)49-33(16-9-21-47-42(45)46)39(55)50-34(37(44)53)24-29-25-48-32-15-8-7-14-31(29)32/h1-8,10-15,17-20,25,33-36,48H,9,16,21-24H2,(H2,44,53)(H,49,56)(H,50,55)(H,51,54)(H,52,57)(H4,45,46,47)/t33-,34-,35-,36-/m0/s1. The number of nitrogens with one attached hydrogen (secondary N) is 5. The van der Waals surface area contributed by atoms with Crippen LogP contribution in [0.5, 0.6) is 0 Å². The van der Waals surface area contributed by atoms with Gasteiger partial charge in [0.2, 0.25) is 23.6 Å². The number of hydrogen-bond acceptors (Lipinski definition) is 6. The van der Waals surface area contributed by atoms with Gasteiger partial charge in [-0.1, -0.05) is 90.5 Å². The van der Waals surface area contributed by atoms with E-state index in [2.05, 4.69) is 31.2 Å². The first-order valence-corrected chi connectivity index (χ1v) is 18.8. The summed E-state index contributed by atoms with van der Waals surface area (Å²) in [5.74, 6) is -3.36. The van der Waals surface area contributed by atoms with Crippen LogP contribution in [0.2, 0.25) is 5.02 Å². The van der Waals surface area contributed by atoms with Gasteiger partial charge in [-0.25, -0.2) is 0 Å². The molecule has 0 aliphatic carbocycles. The zero-order valence-corrected chi connectivity index (χ0v) is 31.9. The second-order valence-corrected chi connectivity index (χ2v) is 13.9. The number of nitrogens with two attached hydrogens (primary N) is 3. The second kappa shape index (κ2) is 20.3. The maximum absolute atomic E-state index is 14.3. The number of fused-ring (bicyclic) bond motifs is 1. The number of aliphatic imine (C=N–C) groups is 1. The van der Waals surface area contributed by atoms with Crippen molar-refractivity contribution < 1.29 is 24.0 Å². The van der Waals surface area contributed by atoms with Crippen LogP contribution >= 0.6 is 11.6 Å². The number of para-hydroxylation sites is 1. The summed E-state index contributed by atoms with van der Waals surface area (Å²) in [6, 6.07) is 27.2. The average molecular weight is 792 g/mol. The Morgan fingerprint density at radius 1 is 0.614 bits per heavy atom. The number of carbonyl (C=O) groups excluding carboxylic acids is 5. The van der Waals surface area contributed by atoms with E-state index < -0.39 is 53.7 Å². The molecular formula is C42H46ClN9O5. The lowest BCUT2D eigenvalue weighted by Gasteiger charge is -2.26. The molecule has 0 radical (unpaired) electrons. The normalized spacial score (nSPS) is 13.0. The van der Waals surface area contributed by atoms with E-state index in [1.807, 2.05) is 30.3 Å². The molecule has 0 spiro atoms. The number of benzene rings is 4. The molecule has 0 saturated heterocycles. The summed E-state index contributed by atoms with van der Waals surface area (Å²) < 4.78 is 0. The highest BCUT2D eigenvalue weighted by molar-refractivity contribution is 6.30. The number of primary amides is 1. The highest BCUT2D eigenvalue weighted by atomic mass is 35.5. The van der Waals surface area contributed by atoms with Crippen LogP contribution in [-0.2, 0) is 38.4 Å².